The first kappa shape index (κ1) is 53.9. The molecule has 0 unspecified atom stereocenters. The van der Waals surface area contributed by atoms with Crippen LogP contribution in [-0.4, -0.2) is 70.7 Å². The van der Waals surface area contributed by atoms with Crippen molar-refractivity contribution in [3.63, 3.8) is 0 Å². The Labute approximate surface area is 447 Å². The van der Waals surface area contributed by atoms with E-state index in [1.165, 1.54) is 17.2 Å². The molecule has 0 spiro atoms. The van der Waals surface area contributed by atoms with Gasteiger partial charge in [0, 0.05) is 15.4 Å². The van der Waals surface area contributed by atoms with Crippen molar-refractivity contribution < 1.29 is 46.2 Å². The maximum absolute atomic E-state index is 16.0. The molecule has 0 aliphatic carbocycles. The average Bonchev–Trinajstić information content (AvgIpc) is 4.03. The van der Waals surface area contributed by atoms with Gasteiger partial charge in [0.2, 0.25) is 0 Å². The molecule has 17 nitrogen and oxygen atoms in total. The van der Waals surface area contributed by atoms with Crippen LogP contribution in [0, 0.1) is 22.7 Å². The molecule has 1 aliphatic rings. The number of anilines is 1. The second-order valence-electron chi connectivity index (χ2n) is 16.7. The number of ether oxygens (including phenoxy) is 3. The van der Waals surface area contributed by atoms with Gasteiger partial charge in [-0.15, -0.1) is 0 Å². The molecule has 1 fully saturated rings. The molecule has 3 heterocycles. The van der Waals surface area contributed by atoms with Gasteiger partial charge < -0.3 is 24.1 Å². The number of aromatic nitrogens is 4. The van der Waals surface area contributed by atoms with Gasteiger partial charge in [-0.25, -0.2) is 19.5 Å². The normalized spacial score (nSPS) is 16.7. The Bertz CT molecular complexity index is 3270. The summed E-state index contributed by atoms with van der Waals surface area (Å²) in [5.74, 6) is -3.87. The molecule has 1 N–H and O–H groups in total. The number of hydrogen-bond acceptors (Lipinski definition) is 17. The van der Waals surface area contributed by atoms with Crippen LogP contribution in [0.15, 0.2) is 198 Å². The molecule has 1 amide bonds. The zero-order chi connectivity index (χ0) is 52.8. The molecule has 386 valence electrons. The highest BCUT2D eigenvalue weighted by atomic mass is 33.1. The van der Waals surface area contributed by atoms with E-state index in [-0.39, 0.29) is 49.6 Å². The molecular weight excluding hydrogens is 1040 g/mol. The number of carbonyl (C=O) groups is 1. The molecule has 0 radical (unpaired) electrons. The molecule has 0 bridgehead atoms. The number of imidazole rings is 1. The Morgan fingerprint density at radius 2 is 1.21 bits per heavy atom. The zero-order valence-electron chi connectivity index (χ0n) is 40.7. The summed E-state index contributed by atoms with van der Waals surface area (Å²) in [6.07, 6.45) is -3.41. The van der Waals surface area contributed by atoms with Gasteiger partial charge in [0.1, 0.15) is 36.0 Å². The molecule has 21 heteroatoms. The minimum absolute atomic E-state index is 0.0852. The van der Waals surface area contributed by atoms with Gasteiger partial charge in [0.15, 0.2) is 23.2 Å². The van der Waals surface area contributed by atoms with Crippen LogP contribution in [0.5, 0.6) is 5.75 Å². The minimum atomic E-state index is -4.79. The quantitative estimate of drug-likeness (QED) is 0.0338. The molecule has 0 saturated carbocycles. The number of nitrogens with one attached hydrogen (secondary N) is 1. The van der Waals surface area contributed by atoms with E-state index in [4.69, 9.17) is 32.3 Å². The smallest absolute Gasteiger partial charge is 0.475 e. The number of methoxy groups -OCH3 is 1. The lowest BCUT2D eigenvalue weighted by Gasteiger charge is -2.37. The van der Waals surface area contributed by atoms with Crippen molar-refractivity contribution in [1.82, 2.24) is 19.5 Å². The van der Waals surface area contributed by atoms with Crippen molar-refractivity contribution >= 4 is 59.2 Å². The lowest BCUT2D eigenvalue weighted by Crippen LogP contribution is -2.41. The number of fused-ring (bicyclic) bond motifs is 1. The fourth-order valence-electron chi connectivity index (χ4n) is 8.42. The van der Waals surface area contributed by atoms with Crippen LogP contribution in [-0.2, 0) is 42.3 Å². The number of amides is 1. The third-order valence-electron chi connectivity index (χ3n) is 11.9. The number of phosphoric ester groups is 1. The van der Waals surface area contributed by atoms with Gasteiger partial charge in [-0.1, -0.05) is 127 Å². The molecule has 6 aromatic carbocycles. The first-order chi connectivity index (χ1) is 37.1. The van der Waals surface area contributed by atoms with Gasteiger partial charge >= 0.3 is 13.6 Å². The Kier molecular flexibility index (Phi) is 17.9. The minimum Gasteiger partial charge on any atom is -0.497 e. The summed E-state index contributed by atoms with van der Waals surface area (Å²) in [6.45, 7) is -1.09. The summed E-state index contributed by atoms with van der Waals surface area (Å²) < 4.78 is 78.1. The zero-order valence-corrected chi connectivity index (χ0v) is 44.1. The summed E-state index contributed by atoms with van der Waals surface area (Å²) >= 11 is 1.98. The van der Waals surface area contributed by atoms with Crippen molar-refractivity contribution in [2.45, 2.75) is 52.8 Å². The predicted molar refractivity (Wildman–Crippen MR) is 287 cm³/mol. The number of rotatable bonds is 24. The Morgan fingerprint density at radius 3 is 1.75 bits per heavy atom. The predicted octanol–water partition coefficient (Wildman–Crippen LogP) is 12.4. The van der Waals surface area contributed by atoms with E-state index in [0.717, 1.165) is 33.9 Å². The largest absolute Gasteiger partial charge is 0.497 e. The van der Waals surface area contributed by atoms with Gasteiger partial charge in [0.05, 0.1) is 58.2 Å². The van der Waals surface area contributed by atoms with Crippen LogP contribution < -0.4 is 10.1 Å². The van der Waals surface area contributed by atoms with Gasteiger partial charge in [0.25, 0.3) is 5.91 Å². The maximum Gasteiger partial charge on any atom is 0.475 e. The average molecular weight is 1090 g/mol. The van der Waals surface area contributed by atoms with Gasteiger partial charge in [-0.2, -0.15) is 10.5 Å². The van der Waals surface area contributed by atoms with Crippen LogP contribution in [0.2, 0.25) is 0 Å². The highest BCUT2D eigenvalue weighted by Gasteiger charge is 2.55. The molecule has 1 aliphatic heterocycles. The Balaban J connectivity index is 1.22. The monoisotopic (exact) mass is 1090 g/mol. The molecule has 8 aromatic rings. The topological polar surface area (TPSA) is 219 Å². The van der Waals surface area contributed by atoms with Crippen molar-refractivity contribution in [2.24, 2.45) is 0 Å². The first-order valence-corrected chi connectivity index (χ1v) is 29.7. The van der Waals surface area contributed by atoms with Crippen molar-refractivity contribution in [1.29, 1.82) is 10.5 Å². The highest BCUT2D eigenvalue weighted by Crippen LogP contribution is 2.75. The standard InChI is InChI=1S/C55H49N7O10P2S2/c1-66-44-31-29-43(30-32-44)55(41-21-9-3-10-22-41,42-23-11-4-12-24-42)67-37-47-49(71-73(64,68-35-17-33-56)69-36-18-34-57)50(72-74(65,75-45-25-13-5-14-26-45)76-46-27-15-6-16-28-46)54(70-47)62-39-60-48-51(58-38-59-52(48)62)61-53(63)40-19-7-2-8-20-40/h2-16,19-32,38-39,47,49-50,54H,17-18,35-37H2,1H3,(H,58,59,61,63)/t47-,49-,50-,54-/m1/s1. The number of nitriles is 2. The molecule has 4 atom stereocenters. The summed E-state index contributed by atoms with van der Waals surface area (Å²) in [5, 5.41) is 21.9. The van der Waals surface area contributed by atoms with Crippen LogP contribution in [0.1, 0.15) is 46.1 Å². The van der Waals surface area contributed by atoms with E-state index in [0.29, 0.717) is 26.7 Å². The summed E-state index contributed by atoms with van der Waals surface area (Å²) in [4.78, 5) is 28.4. The van der Waals surface area contributed by atoms with Crippen LogP contribution >= 0.6 is 36.4 Å². The van der Waals surface area contributed by atoms with E-state index in [9.17, 15) is 15.3 Å². The lowest BCUT2D eigenvalue weighted by molar-refractivity contribution is -0.0939. The third-order valence-corrected chi connectivity index (χ3v) is 19.7. The van der Waals surface area contributed by atoms with Crippen molar-refractivity contribution in [3.8, 4) is 17.9 Å². The van der Waals surface area contributed by atoms with Crippen LogP contribution in [0.25, 0.3) is 11.2 Å². The Hall–Kier alpha value is -6.96. The Morgan fingerprint density at radius 1 is 0.684 bits per heavy atom. The van der Waals surface area contributed by atoms with Gasteiger partial charge in [-0.05, 0) is 88.0 Å². The van der Waals surface area contributed by atoms with Gasteiger partial charge in [-0.3, -0.25) is 27.5 Å². The lowest BCUT2D eigenvalue weighted by atomic mass is 9.80. The highest BCUT2D eigenvalue weighted by molar-refractivity contribution is 8.89. The number of carbonyl (C=O) groups excluding carboxylic acids is 1. The number of benzene rings is 6. The SMILES string of the molecule is COc1ccc(C(OC[C@H]2O[C@@H](n3cnc4c(NC(=O)c5ccccc5)ncnc43)[C@H](OP(=O)(Sc3ccccc3)Sc3ccccc3)[C@@H]2OP(=O)(OCCC#N)OCCC#N)(c2ccccc2)c2ccccc2)cc1. The summed E-state index contributed by atoms with van der Waals surface area (Å²) in [5.41, 5.74) is 1.53. The first-order valence-electron chi connectivity index (χ1n) is 23.8. The second-order valence-corrected chi connectivity index (χ2v) is 25.4. The van der Waals surface area contributed by atoms with E-state index in [1.54, 1.807) is 61.7 Å². The fraction of sp³-hybridized carbons (Fsp3) is 0.200. The molecule has 2 aromatic heterocycles. The number of hydrogen-bond donors (Lipinski definition) is 1. The molecular formula is C55H49N7O10P2S2. The van der Waals surface area contributed by atoms with Crippen molar-refractivity contribution in [2.75, 3.05) is 32.2 Å². The van der Waals surface area contributed by atoms with E-state index in [2.05, 4.69) is 20.3 Å². The van der Waals surface area contributed by atoms with Crippen LogP contribution in [0.3, 0.4) is 0 Å². The summed E-state index contributed by atoms with van der Waals surface area (Å²) in [6, 6.07) is 57.3. The number of nitrogens with zero attached hydrogens (tertiary/aromatic N) is 6. The van der Waals surface area contributed by atoms with E-state index < -0.39 is 49.6 Å². The van der Waals surface area contributed by atoms with E-state index >= 15 is 9.13 Å². The third kappa shape index (κ3) is 12.6. The summed E-state index contributed by atoms with van der Waals surface area (Å²) in [7, 11) is -3.20. The van der Waals surface area contributed by atoms with Crippen molar-refractivity contribution in [3.05, 3.63) is 211 Å². The maximum atomic E-state index is 16.0. The fourth-order valence-corrected chi connectivity index (χ4v) is 16.6. The molecule has 9 rings (SSSR count). The molecule has 1 saturated heterocycles. The second kappa shape index (κ2) is 25.3. The molecule has 76 heavy (non-hydrogen) atoms. The van der Waals surface area contributed by atoms with E-state index in [1.807, 2.05) is 133 Å². The van der Waals surface area contributed by atoms with Crippen LogP contribution in [0.4, 0.5) is 5.82 Å². The number of phosphoric acid groups is 1.